The Morgan fingerprint density at radius 2 is 1.62 bits per heavy atom. The van der Waals surface area contributed by atoms with Crippen LogP contribution in [0.1, 0.15) is 19.4 Å². The molecule has 2 rings (SSSR count). The number of hydrogen-bond donors (Lipinski definition) is 1. The Morgan fingerprint density at radius 1 is 1.07 bits per heavy atom. The standard InChI is InChI=1S/C18H18F3N3O4S/c1-12(2)29(26,27)16(13-6-4-3-5-7-13)23-24(17(22)25)14-8-10-15(11-9-14)28-18(19,20)21/h3-12H,1-2H3,(H2,22,25)/b23-16+. The fraction of sp³-hybridized carbons (Fsp3) is 0.222. The molecule has 0 fully saturated rings. The van der Waals surface area contributed by atoms with Gasteiger partial charge in [-0.1, -0.05) is 30.3 Å². The number of benzene rings is 2. The molecule has 2 N–H and O–H groups in total. The van der Waals surface area contributed by atoms with E-state index in [0.29, 0.717) is 5.01 Å². The van der Waals surface area contributed by atoms with E-state index in [1.165, 1.54) is 26.0 Å². The molecule has 156 valence electrons. The average molecular weight is 429 g/mol. The Labute approximate surface area is 165 Å². The number of halogens is 3. The van der Waals surface area contributed by atoms with E-state index in [1.54, 1.807) is 18.2 Å². The van der Waals surface area contributed by atoms with Gasteiger partial charge in [-0.2, -0.15) is 10.1 Å². The molecular formula is C18H18F3N3O4S. The van der Waals surface area contributed by atoms with Crippen molar-refractivity contribution in [1.82, 2.24) is 0 Å². The molecule has 0 aliphatic heterocycles. The second-order valence-corrected chi connectivity index (χ2v) is 8.48. The van der Waals surface area contributed by atoms with Crippen LogP contribution < -0.4 is 15.5 Å². The number of rotatable bonds is 5. The van der Waals surface area contributed by atoms with Gasteiger partial charge in [0.2, 0.25) is 0 Å². The summed E-state index contributed by atoms with van der Waals surface area (Å²) in [6.07, 6.45) is -4.88. The van der Waals surface area contributed by atoms with Gasteiger partial charge in [-0.05, 0) is 38.1 Å². The van der Waals surface area contributed by atoms with Crippen molar-refractivity contribution in [3.05, 3.63) is 60.2 Å². The van der Waals surface area contributed by atoms with Crippen LogP contribution in [0, 0.1) is 0 Å². The van der Waals surface area contributed by atoms with E-state index in [1.807, 2.05) is 0 Å². The first kappa shape index (κ1) is 22.2. The number of hydrogen-bond acceptors (Lipinski definition) is 5. The lowest BCUT2D eigenvalue weighted by atomic mass is 10.2. The van der Waals surface area contributed by atoms with Gasteiger partial charge < -0.3 is 10.5 Å². The van der Waals surface area contributed by atoms with Crippen LogP contribution in [0.2, 0.25) is 0 Å². The number of nitrogens with two attached hydrogens (primary N) is 1. The minimum atomic E-state index is -4.88. The van der Waals surface area contributed by atoms with Gasteiger partial charge in [0.25, 0.3) is 0 Å². The van der Waals surface area contributed by atoms with E-state index in [9.17, 15) is 26.4 Å². The van der Waals surface area contributed by atoms with Crippen LogP contribution in [-0.4, -0.2) is 31.1 Å². The first-order valence-electron chi connectivity index (χ1n) is 8.25. The first-order valence-corrected chi connectivity index (χ1v) is 9.80. The third-order valence-corrected chi connectivity index (χ3v) is 5.72. The summed E-state index contributed by atoms with van der Waals surface area (Å²) in [5, 5.41) is 3.29. The van der Waals surface area contributed by atoms with Crippen molar-refractivity contribution < 1.29 is 31.1 Å². The largest absolute Gasteiger partial charge is 0.573 e. The number of carbonyl (C=O) groups excluding carboxylic acids is 1. The van der Waals surface area contributed by atoms with Crippen LogP contribution >= 0.6 is 0 Å². The zero-order chi connectivity index (χ0) is 21.8. The van der Waals surface area contributed by atoms with Gasteiger partial charge in [0.15, 0.2) is 14.9 Å². The fourth-order valence-electron chi connectivity index (χ4n) is 2.20. The zero-order valence-electron chi connectivity index (χ0n) is 15.4. The van der Waals surface area contributed by atoms with Crippen molar-refractivity contribution in [3.8, 4) is 5.75 Å². The van der Waals surface area contributed by atoms with Crippen LogP contribution in [0.25, 0.3) is 0 Å². The van der Waals surface area contributed by atoms with Gasteiger partial charge in [-0.15, -0.1) is 13.2 Å². The predicted octanol–water partition coefficient (Wildman–Crippen LogP) is 3.66. The van der Waals surface area contributed by atoms with E-state index in [4.69, 9.17) is 5.73 Å². The molecule has 0 radical (unpaired) electrons. The van der Waals surface area contributed by atoms with Crippen molar-refractivity contribution in [2.75, 3.05) is 5.01 Å². The van der Waals surface area contributed by atoms with Gasteiger partial charge >= 0.3 is 12.4 Å². The molecule has 0 aliphatic carbocycles. The lowest BCUT2D eigenvalue weighted by molar-refractivity contribution is -0.274. The summed E-state index contributed by atoms with van der Waals surface area (Å²) in [6, 6.07) is 10.8. The maximum absolute atomic E-state index is 12.8. The van der Waals surface area contributed by atoms with Gasteiger partial charge in [0, 0.05) is 5.56 Å². The molecule has 11 heteroatoms. The molecule has 0 aromatic heterocycles. The van der Waals surface area contributed by atoms with E-state index in [-0.39, 0.29) is 11.3 Å². The third kappa shape index (κ3) is 5.70. The highest BCUT2D eigenvalue weighted by atomic mass is 32.2. The lowest BCUT2D eigenvalue weighted by Crippen LogP contribution is -2.35. The highest BCUT2D eigenvalue weighted by molar-refractivity contribution is 8.07. The molecule has 2 aromatic rings. The predicted molar refractivity (Wildman–Crippen MR) is 102 cm³/mol. The molecule has 0 heterocycles. The van der Waals surface area contributed by atoms with E-state index in [0.717, 1.165) is 24.3 Å². The van der Waals surface area contributed by atoms with Crippen LogP contribution in [0.3, 0.4) is 0 Å². The molecule has 0 saturated carbocycles. The van der Waals surface area contributed by atoms with Crippen LogP contribution in [0.4, 0.5) is 23.7 Å². The average Bonchev–Trinajstić information content (AvgIpc) is 2.62. The summed E-state index contributed by atoms with van der Waals surface area (Å²) < 4.78 is 66.2. The SMILES string of the molecule is CC(C)S(=O)(=O)/C(=N/N(C(N)=O)c1ccc(OC(F)(F)F)cc1)c1ccccc1. The van der Waals surface area contributed by atoms with Gasteiger partial charge in [0.05, 0.1) is 10.9 Å². The molecule has 0 saturated heterocycles. The van der Waals surface area contributed by atoms with Crippen molar-refractivity contribution >= 4 is 26.6 Å². The summed E-state index contributed by atoms with van der Waals surface area (Å²) in [7, 11) is -3.93. The summed E-state index contributed by atoms with van der Waals surface area (Å²) in [4.78, 5) is 11.9. The first-order chi connectivity index (χ1) is 13.4. The number of ether oxygens (including phenoxy) is 1. The maximum atomic E-state index is 12.8. The second kappa shape index (κ2) is 8.52. The third-order valence-electron chi connectivity index (χ3n) is 3.63. The minimum Gasteiger partial charge on any atom is -0.406 e. The Kier molecular flexibility index (Phi) is 6.52. The Hall–Kier alpha value is -3.08. The number of urea groups is 1. The van der Waals surface area contributed by atoms with Gasteiger partial charge in [0.1, 0.15) is 5.75 Å². The summed E-state index contributed by atoms with van der Waals surface area (Å²) >= 11 is 0. The highest BCUT2D eigenvalue weighted by Gasteiger charge is 2.31. The summed E-state index contributed by atoms with van der Waals surface area (Å²) in [5.41, 5.74) is 5.51. The Balaban J connectivity index is 2.54. The quantitative estimate of drug-likeness (QED) is 0.445. The summed E-state index contributed by atoms with van der Waals surface area (Å²) in [5.74, 6) is -0.521. The summed E-state index contributed by atoms with van der Waals surface area (Å²) in [6.45, 7) is 2.90. The van der Waals surface area contributed by atoms with E-state index < -0.39 is 38.3 Å². The molecular weight excluding hydrogens is 411 g/mol. The number of carbonyl (C=O) groups is 1. The molecule has 7 nitrogen and oxygen atoms in total. The zero-order valence-corrected chi connectivity index (χ0v) is 16.2. The highest BCUT2D eigenvalue weighted by Crippen LogP contribution is 2.26. The fourth-order valence-corrected chi connectivity index (χ4v) is 3.30. The van der Waals surface area contributed by atoms with Crippen molar-refractivity contribution in [3.63, 3.8) is 0 Å². The van der Waals surface area contributed by atoms with E-state index in [2.05, 4.69) is 9.84 Å². The number of alkyl halides is 3. The van der Waals surface area contributed by atoms with Crippen molar-refractivity contribution in [2.45, 2.75) is 25.5 Å². The molecule has 0 spiro atoms. The monoisotopic (exact) mass is 429 g/mol. The van der Waals surface area contributed by atoms with E-state index >= 15 is 0 Å². The number of nitrogens with zero attached hydrogens (tertiary/aromatic N) is 2. The normalized spacial score (nSPS) is 12.7. The molecule has 0 aliphatic rings. The van der Waals surface area contributed by atoms with Gasteiger partial charge in [-0.25, -0.2) is 13.2 Å². The lowest BCUT2D eigenvalue weighted by Gasteiger charge is -2.19. The minimum absolute atomic E-state index is 0.0422. The number of hydrazone groups is 1. The Morgan fingerprint density at radius 3 is 2.07 bits per heavy atom. The Bertz CT molecular complexity index is 989. The second-order valence-electron chi connectivity index (χ2n) is 6.06. The smallest absolute Gasteiger partial charge is 0.406 e. The number of sulfone groups is 1. The van der Waals surface area contributed by atoms with Crippen molar-refractivity contribution in [1.29, 1.82) is 0 Å². The van der Waals surface area contributed by atoms with Crippen LogP contribution in [-0.2, 0) is 9.84 Å². The topological polar surface area (TPSA) is 102 Å². The molecule has 0 atom stereocenters. The molecule has 0 unspecified atom stereocenters. The van der Waals surface area contributed by atoms with Crippen molar-refractivity contribution in [2.24, 2.45) is 10.8 Å². The van der Waals surface area contributed by atoms with Gasteiger partial charge in [-0.3, -0.25) is 0 Å². The van der Waals surface area contributed by atoms with Crippen LogP contribution in [0.5, 0.6) is 5.75 Å². The molecule has 2 aromatic carbocycles. The molecule has 2 amide bonds. The number of primary amides is 1. The number of amides is 2. The molecule has 29 heavy (non-hydrogen) atoms. The van der Waals surface area contributed by atoms with Crippen LogP contribution in [0.15, 0.2) is 59.7 Å². The number of anilines is 1. The maximum Gasteiger partial charge on any atom is 0.573 e. The molecule has 0 bridgehead atoms.